The minimum atomic E-state index is 0.255. The normalized spacial score (nSPS) is 17.4. The van der Waals surface area contributed by atoms with E-state index in [-0.39, 0.29) is 6.61 Å². The molecule has 0 fully saturated rings. The van der Waals surface area contributed by atoms with Crippen molar-refractivity contribution in [2.45, 2.75) is 32.4 Å². The van der Waals surface area contributed by atoms with Crippen LogP contribution in [0.5, 0.6) is 0 Å². The van der Waals surface area contributed by atoms with Gasteiger partial charge in [0.05, 0.1) is 0 Å². The van der Waals surface area contributed by atoms with Crippen molar-refractivity contribution >= 4 is 12.6 Å². The van der Waals surface area contributed by atoms with E-state index in [2.05, 4.69) is 33.4 Å². The third-order valence-corrected chi connectivity index (χ3v) is 2.81. The molecule has 2 atom stereocenters. The Balaban J connectivity index is 3.58. The topological polar surface area (TPSA) is 20.2 Å². The molecule has 1 nitrogen and oxygen atoms in total. The zero-order valence-electron chi connectivity index (χ0n) is 7.04. The molecule has 10 heavy (non-hydrogen) atoms. The summed E-state index contributed by atoms with van der Waals surface area (Å²) in [6.07, 6.45) is 0.808. The molecular formula is C8H18OS. The van der Waals surface area contributed by atoms with Crippen molar-refractivity contribution in [1.82, 2.24) is 0 Å². The molecule has 0 saturated carbocycles. The van der Waals surface area contributed by atoms with Gasteiger partial charge in [-0.3, -0.25) is 0 Å². The highest BCUT2D eigenvalue weighted by molar-refractivity contribution is 7.81. The standard InChI is InChI=1S/C8H18OS/c1-6(2)7(3)8(10)4-5-9/h6-10H,4-5H2,1-3H3. The first kappa shape index (κ1) is 10.3. The molecule has 0 aliphatic heterocycles. The summed E-state index contributed by atoms with van der Waals surface area (Å²) >= 11 is 4.38. The third-order valence-electron chi connectivity index (χ3n) is 2.08. The molecule has 0 bridgehead atoms. The number of rotatable bonds is 4. The van der Waals surface area contributed by atoms with Crippen LogP contribution in [0, 0.1) is 11.8 Å². The second-order valence-electron chi connectivity index (χ2n) is 3.18. The Morgan fingerprint density at radius 1 is 1.30 bits per heavy atom. The molecule has 0 aliphatic carbocycles. The van der Waals surface area contributed by atoms with Crippen LogP contribution >= 0.6 is 12.6 Å². The maximum Gasteiger partial charge on any atom is 0.0441 e. The first-order valence-corrected chi connectivity index (χ1v) is 4.40. The molecule has 0 amide bonds. The Morgan fingerprint density at radius 2 is 1.80 bits per heavy atom. The molecule has 2 heteroatoms. The summed E-state index contributed by atoms with van der Waals surface area (Å²) in [5.74, 6) is 1.25. The summed E-state index contributed by atoms with van der Waals surface area (Å²) in [4.78, 5) is 0. The van der Waals surface area contributed by atoms with Gasteiger partial charge in [0.15, 0.2) is 0 Å². The van der Waals surface area contributed by atoms with Crippen LogP contribution in [0.4, 0.5) is 0 Å². The van der Waals surface area contributed by atoms with Gasteiger partial charge in [-0.2, -0.15) is 12.6 Å². The van der Waals surface area contributed by atoms with E-state index in [1.165, 1.54) is 0 Å². The minimum absolute atomic E-state index is 0.255. The van der Waals surface area contributed by atoms with Gasteiger partial charge in [-0.25, -0.2) is 0 Å². The molecule has 0 aromatic heterocycles. The maximum absolute atomic E-state index is 8.62. The van der Waals surface area contributed by atoms with E-state index >= 15 is 0 Å². The zero-order valence-corrected chi connectivity index (χ0v) is 7.94. The van der Waals surface area contributed by atoms with E-state index < -0.39 is 0 Å². The third kappa shape index (κ3) is 3.47. The van der Waals surface area contributed by atoms with Gasteiger partial charge < -0.3 is 5.11 Å². The van der Waals surface area contributed by atoms with E-state index in [0.29, 0.717) is 17.1 Å². The molecule has 0 aromatic carbocycles. The van der Waals surface area contributed by atoms with E-state index in [1.54, 1.807) is 0 Å². The summed E-state index contributed by atoms with van der Waals surface area (Å²) in [6, 6.07) is 0. The lowest BCUT2D eigenvalue weighted by Crippen LogP contribution is -2.18. The fraction of sp³-hybridized carbons (Fsp3) is 1.00. The van der Waals surface area contributed by atoms with Crippen LogP contribution in [-0.2, 0) is 0 Å². The molecule has 0 rings (SSSR count). The predicted molar refractivity (Wildman–Crippen MR) is 48.5 cm³/mol. The van der Waals surface area contributed by atoms with Crippen LogP contribution < -0.4 is 0 Å². The van der Waals surface area contributed by atoms with Gasteiger partial charge >= 0.3 is 0 Å². The number of aliphatic hydroxyl groups is 1. The molecule has 62 valence electrons. The average molecular weight is 162 g/mol. The number of aliphatic hydroxyl groups excluding tert-OH is 1. The number of thiol groups is 1. The maximum atomic E-state index is 8.62. The molecule has 0 spiro atoms. The van der Waals surface area contributed by atoms with E-state index in [0.717, 1.165) is 6.42 Å². The lowest BCUT2D eigenvalue weighted by atomic mass is 9.93. The average Bonchev–Trinajstić information content (AvgIpc) is 1.87. The SMILES string of the molecule is CC(C)C(C)C(S)CCO. The monoisotopic (exact) mass is 162 g/mol. The fourth-order valence-electron chi connectivity index (χ4n) is 0.839. The fourth-order valence-corrected chi connectivity index (χ4v) is 1.30. The summed E-state index contributed by atoms with van der Waals surface area (Å²) < 4.78 is 0. The van der Waals surface area contributed by atoms with Crippen molar-refractivity contribution in [3.05, 3.63) is 0 Å². The van der Waals surface area contributed by atoms with Crippen LogP contribution in [0.2, 0.25) is 0 Å². The second-order valence-corrected chi connectivity index (χ2v) is 3.85. The highest BCUT2D eigenvalue weighted by Gasteiger charge is 2.15. The first-order valence-electron chi connectivity index (χ1n) is 3.88. The van der Waals surface area contributed by atoms with Crippen molar-refractivity contribution in [2.24, 2.45) is 11.8 Å². The van der Waals surface area contributed by atoms with Gasteiger partial charge in [0.1, 0.15) is 0 Å². The lowest BCUT2D eigenvalue weighted by Gasteiger charge is -2.21. The van der Waals surface area contributed by atoms with Gasteiger partial charge in [-0.1, -0.05) is 20.8 Å². The van der Waals surface area contributed by atoms with Crippen LogP contribution in [0.25, 0.3) is 0 Å². The minimum Gasteiger partial charge on any atom is -0.396 e. The molecule has 1 N–H and O–H groups in total. The molecule has 0 saturated heterocycles. The first-order chi connectivity index (χ1) is 4.59. The van der Waals surface area contributed by atoms with Crippen LogP contribution in [0.1, 0.15) is 27.2 Å². The van der Waals surface area contributed by atoms with Gasteiger partial charge in [0.2, 0.25) is 0 Å². The number of hydrogen-bond acceptors (Lipinski definition) is 2. The Morgan fingerprint density at radius 3 is 2.10 bits per heavy atom. The summed E-state index contributed by atoms with van der Waals surface area (Å²) in [5.41, 5.74) is 0. The largest absolute Gasteiger partial charge is 0.396 e. The molecular weight excluding hydrogens is 144 g/mol. The van der Waals surface area contributed by atoms with Crippen molar-refractivity contribution in [1.29, 1.82) is 0 Å². The van der Waals surface area contributed by atoms with Crippen LogP contribution in [0.3, 0.4) is 0 Å². The van der Waals surface area contributed by atoms with Gasteiger partial charge in [0, 0.05) is 11.9 Å². The Bertz CT molecular complexity index is 83.3. The second kappa shape index (κ2) is 5.03. The van der Waals surface area contributed by atoms with Gasteiger partial charge in [0.25, 0.3) is 0 Å². The van der Waals surface area contributed by atoms with Crippen molar-refractivity contribution in [3.63, 3.8) is 0 Å². The van der Waals surface area contributed by atoms with E-state index in [1.807, 2.05) is 0 Å². The molecule has 2 unspecified atom stereocenters. The van der Waals surface area contributed by atoms with Gasteiger partial charge in [-0.15, -0.1) is 0 Å². The number of hydrogen-bond donors (Lipinski definition) is 2. The van der Waals surface area contributed by atoms with Crippen LogP contribution in [-0.4, -0.2) is 17.0 Å². The Labute approximate surface area is 69.2 Å². The summed E-state index contributed by atoms with van der Waals surface area (Å²) in [5, 5.41) is 8.97. The van der Waals surface area contributed by atoms with Crippen LogP contribution in [0.15, 0.2) is 0 Å². The molecule has 0 heterocycles. The predicted octanol–water partition coefficient (Wildman–Crippen LogP) is 1.96. The van der Waals surface area contributed by atoms with E-state index in [4.69, 9.17) is 5.11 Å². The lowest BCUT2D eigenvalue weighted by molar-refractivity contribution is 0.267. The van der Waals surface area contributed by atoms with E-state index in [9.17, 15) is 0 Å². The van der Waals surface area contributed by atoms with Crippen molar-refractivity contribution in [2.75, 3.05) is 6.61 Å². The Kier molecular flexibility index (Phi) is 5.18. The van der Waals surface area contributed by atoms with Crippen molar-refractivity contribution in [3.8, 4) is 0 Å². The molecule has 0 radical (unpaired) electrons. The Hall–Kier alpha value is 0.310. The highest BCUT2D eigenvalue weighted by Crippen LogP contribution is 2.20. The summed E-state index contributed by atoms with van der Waals surface area (Å²) in [7, 11) is 0. The quantitative estimate of drug-likeness (QED) is 0.605. The zero-order chi connectivity index (χ0) is 8.15. The molecule has 0 aliphatic rings. The smallest absolute Gasteiger partial charge is 0.0441 e. The summed E-state index contributed by atoms with van der Waals surface area (Å²) in [6.45, 7) is 6.81. The van der Waals surface area contributed by atoms with Gasteiger partial charge in [-0.05, 0) is 18.3 Å². The highest BCUT2D eigenvalue weighted by atomic mass is 32.1. The molecule has 0 aromatic rings. The van der Waals surface area contributed by atoms with Crippen molar-refractivity contribution < 1.29 is 5.11 Å².